The molecular weight excluding hydrogens is 404 g/mol. The Bertz CT molecular complexity index is 894. The lowest BCUT2D eigenvalue weighted by molar-refractivity contribution is 0.0240. The molecule has 8 nitrogen and oxygen atoms in total. The van der Waals surface area contributed by atoms with Gasteiger partial charge in [-0.05, 0) is 57.2 Å². The van der Waals surface area contributed by atoms with E-state index < -0.39 is 5.60 Å². The summed E-state index contributed by atoms with van der Waals surface area (Å²) in [5.41, 5.74) is 8.81. The van der Waals surface area contributed by atoms with E-state index in [1.54, 1.807) is 4.90 Å². The van der Waals surface area contributed by atoms with Crippen molar-refractivity contribution in [1.29, 1.82) is 0 Å². The third kappa shape index (κ3) is 5.36. The van der Waals surface area contributed by atoms with Crippen LogP contribution in [-0.2, 0) is 4.74 Å². The lowest BCUT2D eigenvalue weighted by atomic mass is 10.2. The number of hydrogen-bond donors (Lipinski definition) is 1. The van der Waals surface area contributed by atoms with E-state index in [-0.39, 0.29) is 6.09 Å². The molecule has 1 amide bonds. The van der Waals surface area contributed by atoms with Crippen molar-refractivity contribution in [3.63, 3.8) is 0 Å². The molecule has 2 fully saturated rings. The Morgan fingerprint density at radius 3 is 1.66 bits per heavy atom. The van der Waals surface area contributed by atoms with Gasteiger partial charge in [0.05, 0.1) is 11.9 Å². The number of nitrogens with zero attached hydrogens (tertiary/aromatic N) is 5. The number of carbonyl (C=O) groups excluding carboxylic acids is 1. The van der Waals surface area contributed by atoms with Gasteiger partial charge in [0.2, 0.25) is 0 Å². The maximum atomic E-state index is 12.3. The van der Waals surface area contributed by atoms with Crippen molar-refractivity contribution >= 4 is 29.0 Å². The maximum Gasteiger partial charge on any atom is 0.410 e. The van der Waals surface area contributed by atoms with E-state index in [9.17, 15) is 4.79 Å². The fourth-order valence-corrected chi connectivity index (χ4v) is 4.16. The summed E-state index contributed by atoms with van der Waals surface area (Å²) in [5.74, 6) is 0.554. The van der Waals surface area contributed by atoms with E-state index in [0.717, 1.165) is 45.0 Å². The second kappa shape index (κ2) is 9.14. The van der Waals surface area contributed by atoms with Crippen molar-refractivity contribution in [3.05, 3.63) is 42.6 Å². The molecule has 0 radical (unpaired) electrons. The van der Waals surface area contributed by atoms with Crippen LogP contribution in [0.4, 0.5) is 27.7 Å². The summed E-state index contributed by atoms with van der Waals surface area (Å²) in [6.07, 6.45) is 1.63. The van der Waals surface area contributed by atoms with Crippen molar-refractivity contribution in [2.45, 2.75) is 26.4 Å². The smallest absolute Gasteiger partial charge is 0.410 e. The molecule has 2 aromatic rings. The zero-order chi connectivity index (χ0) is 22.7. The van der Waals surface area contributed by atoms with E-state index in [1.807, 2.05) is 39.1 Å². The molecule has 0 atom stereocenters. The van der Waals surface area contributed by atoms with Crippen LogP contribution < -0.4 is 20.4 Å². The molecule has 0 unspecified atom stereocenters. The van der Waals surface area contributed by atoms with Gasteiger partial charge in [-0.15, -0.1) is 0 Å². The summed E-state index contributed by atoms with van der Waals surface area (Å²) >= 11 is 0. The first-order valence-electron chi connectivity index (χ1n) is 11.3. The van der Waals surface area contributed by atoms with Crippen molar-refractivity contribution in [2.24, 2.45) is 0 Å². The first-order chi connectivity index (χ1) is 15.3. The maximum absolute atomic E-state index is 12.3. The van der Waals surface area contributed by atoms with Crippen LogP contribution in [0.2, 0.25) is 0 Å². The molecule has 0 bridgehead atoms. The number of amides is 1. The molecule has 1 aromatic carbocycles. The Morgan fingerprint density at radius 2 is 1.22 bits per heavy atom. The lowest BCUT2D eigenvalue weighted by Gasteiger charge is -2.38. The third-order valence-corrected chi connectivity index (χ3v) is 5.93. The predicted octanol–water partition coefficient (Wildman–Crippen LogP) is 3.05. The fourth-order valence-electron chi connectivity index (χ4n) is 4.16. The van der Waals surface area contributed by atoms with Gasteiger partial charge in [-0.3, -0.25) is 0 Å². The number of piperazine rings is 2. The van der Waals surface area contributed by atoms with Crippen molar-refractivity contribution in [1.82, 2.24) is 9.88 Å². The summed E-state index contributed by atoms with van der Waals surface area (Å²) in [5, 5.41) is 0. The molecule has 2 N–H and O–H groups in total. The number of anilines is 4. The molecule has 172 valence electrons. The van der Waals surface area contributed by atoms with Gasteiger partial charge in [-0.25, -0.2) is 9.78 Å². The predicted molar refractivity (Wildman–Crippen MR) is 130 cm³/mol. The highest BCUT2D eigenvalue weighted by atomic mass is 16.6. The monoisotopic (exact) mass is 438 g/mol. The number of rotatable bonds is 3. The number of hydrogen-bond acceptors (Lipinski definition) is 7. The summed E-state index contributed by atoms with van der Waals surface area (Å²) in [4.78, 5) is 25.4. The Balaban J connectivity index is 1.28. The SMILES string of the molecule is CC(C)(C)OC(=O)N1CCN(c2ccc(N3CCN(c4ccc(N)nc4)CC3)cc2)CC1. The zero-order valence-electron chi connectivity index (χ0n) is 19.3. The molecule has 3 heterocycles. The second-order valence-corrected chi connectivity index (χ2v) is 9.39. The van der Waals surface area contributed by atoms with Gasteiger partial charge in [0.25, 0.3) is 0 Å². The number of nitrogens with two attached hydrogens (primary N) is 1. The summed E-state index contributed by atoms with van der Waals surface area (Å²) < 4.78 is 5.49. The minimum absolute atomic E-state index is 0.221. The number of nitrogen functional groups attached to an aromatic ring is 1. The van der Waals surface area contributed by atoms with Crippen molar-refractivity contribution in [3.8, 4) is 0 Å². The minimum atomic E-state index is -0.457. The summed E-state index contributed by atoms with van der Waals surface area (Å²) in [7, 11) is 0. The van der Waals surface area contributed by atoms with Gasteiger partial charge in [-0.2, -0.15) is 0 Å². The number of benzene rings is 1. The van der Waals surface area contributed by atoms with Gasteiger partial charge in [0.15, 0.2) is 0 Å². The molecule has 0 aliphatic carbocycles. The van der Waals surface area contributed by atoms with Gasteiger partial charge in [-0.1, -0.05) is 0 Å². The molecule has 0 saturated carbocycles. The number of aromatic nitrogens is 1. The van der Waals surface area contributed by atoms with Crippen LogP contribution in [0.25, 0.3) is 0 Å². The average molecular weight is 439 g/mol. The highest BCUT2D eigenvalue weighted by Crippen LogP contribution is 2.24. The van der Waals surface area contributed by atoms with Crippen molar-refractivity contribution < 1.29 is 9.53 Å². The molecular formula is C24H34N6O2. The van der Waals surface area contributed by atoms with E-state index in [4.69, 9.17) is 10.5 Å². The first-order valence-corrected chi connectivity index (χ1v) is 11.3. The lowest BCUT2D eigenvalue weighted by Crippen LogP contribution is -2.50. The normalized spacial score (nSPS) is 17.5. The van der Waals surface area contributed by atoms with E-state index in [1.165, 1.54) is 11.4 Å². The Kier molecular flexibility index (Phi) is 6.30. The van der Waals surface area contributed by atoms with Gasteiger partial charge >= 0.3 is 6.09 Å². The van der Waals surface area contributed by atoms with Crippen LogP contribution >= 0.6 is 0 Å². The third-order valence-electron chi connectivity index (χ3n) is 5.93. The summed E-state index contributed by atoms with van der Waals surface area (Å²) in [6, 6.07) is 12.7. The molecule has 0 spiro atoms. The fraction of sp³-hybridized carbons (Fsp3) is 0.500. The number of carbonyl (C=O) groups is 1. The van der Waals surface area contributed by atoms with Crippen LogP contribution in [0, 0.1) is 0 Å². The van der Waals surface area contributed by atoms with Crippen LogP contribution in [0.15, 0.2) is 42.6 Å². The molecule has 2 saturated heterocycles. The highest BCUT2D eigenvalue weighted by Gasteiger charge is 2.26. The van der Waals surface area contributed by atoms with Crippen LogP contribution in [0.3, 0.4) is 0 Å². The second-order valence-electron chi connectivity index (χ2n) is 9.39. The molecule has 32 heavy (non-hydrogen) atoms. The van der Waals surface area contributed by atoms with Crippen LogP contribution in [0.5, 0.6) is 0 Å². The highest BCUT2D eigenvalue weighted by molar-refractivity contribution is 5.69. The topological polar surface area (TPSA) is 78.2 Å². The van der Waals surface area contributed by atoms with E-state index in [2.05, 4.69) is 43.9 Å². The average Bonchev–Trinajstić information content (AvgIpc) is 2.79. The van der Waals surface area contributed by atoms with Crippen LogP contribution in [-0.4, -0.2) is 73.9 Å². The van der Waals surface area contributed by atoms with Crippen LogP contribution in [0.1, 0.15) is 20.8 Å². The molecule has 1 aromatic heterocycles. The Labute approximate surface area is 190 Å². The molecule has 2 aliphatic rings. The first kappa shape index (κ1) is 22.0. The summed E-state index contributed by atoms with van der Waals surface area (Å²) in [6.45, 7) is 12.5. The largest absolute Gasteiger partial charge is 0.444 e. The van der Waals surface area contributed by atoms with Gasteiger partial charge in [0.1, 0.15) is 11.4 Å². The molecule has 2 aliphatic heterocycles. The van der Waals surface area contributed by atoms with Crippen molar-refractivity contribution in [2.75, 3.05) is 72.8 Å². The Morgan fingerprint density at radius 1 is 0.781 bits per heavy atom. The Hall–Kier alpha value is -3.16. The van der Waals surface area contributed by atoms with E-state index >= 15 is 0 Å². The standard InChI is InChI=1S/C24H34N6O2/c1-24(2,3)32-23(31)30-16-14-28(15-17-30)20-6-4-19(5-7-20)27-10-12-29(13-11-27)21-8-9-22(25)26-18-21/h4-9,18H,10-17H2,1-3H3,(H2,25,26). The zero-order valence-corrected chi connectivity index (χ0v) is 19.3. The van der Waals surface area contributed by atoms with Gasteiger partial charge < -0.3 is 30.1 Å². The van der Waals surface area contributed by atoms with Gasteiger partial charge in [0, 0.05) is 63.7 Å². The quantitative estimate of drug-likeness (QED) is 0.789. The molecule has 4 rings (SSSR count). The number of ether oxygens (including phenoxy) is 1. The molecule has 8 heteroatoms. The number of pyridine rings is 1. The van der Waals surface area contributed by atoms with E-state index in [0.29, 0.717) is 18.9 Å². The minimum Gasteiger partial charge on any atom is -0.444 e.